The number of para-hydroxylation sites is 3. The first-order valence-electron chi connectivity index (χ1n) is 11.2. The Kier molecular flexibility index (Phi) is 5.36. The highest BCUT2D eigenvalue weighted by atomic mass is 35.5. The molecule has 2 heterocycles. The highest BCUT2D eigenvalue weighted by molar-refractivity contribution is 6.34. The van der Waals surface area contributed by atoms with E-state index in [-0.39, 0.29) is 5.91 Å². The molecule has 1 amide bonds. The van der Waals surface area contributed by atoms with Crippen LogP contribution in [0.4, 0.5) is 5.69 Å². The third kappa shape index (κ3) is 4.04. The van der Waals surface area contributed by atoms with Gasteiger partial charge in [-0.1, -0.05) is 54.1 Å². The molecule has 0 fully saturated rings. The monoisotopic (exact) mass is 491 g/mol. The van der Waals surface area contributed by atoms with Gasteiger partial charge in [0.1, 0.15) is 11.4 Å². The second-order valence-electron chi connectivity index (χ2n) is 8.32. The minimum absolute atomic E-state index is 0.356. The van der Waals surface area contributed by atoms with Crippen molar-refractivity contribution in [2.75, 3.05) is 5.32 Å². The summed E-state index contributed by atoms with van der Waals surface area (Å²) in [5.41, 5.74) is 4.41. The van der Waals surface area contributed by atoms with Crippen LogP contribution in [0, 0.1) is 0 Å². The van der Waals surface area contributed by atoms with Crippen LogP contribution >= 0.6 is 11.6 Å². The van der Waals surface area contributed by atoms with Gasteiger partial charge < -0.3 is 14.7 Å². The smallest absolute Gasteiger partial charge is 0.344 e. The van der Waals surface area contributed by atoms with Crippen LogP contribution in [0.15, 0.2) is 106 Å². The Morgan fingerprint density at radius 3 is 2.58 bits per heavy atom. The van der Waals surface area contributed by atoms with Crippen molar-refractivity contribution in [3.05, 3.63) is 118 Å². The average Bonchev–Trinajstić information content (AvgIpc) is 3.34. The molecule has 0 aliphatic heterocycles. The van der Waals surface area contributed by atoms with Gasteiger partial charge in [0.15, 0.2) is 0 Å². The lowest BCUT2D eigenvalue weighted by molar-refractivity contribution is 0.102. The van der Waals surface area contributed by atoms with E-state index in [9.17, 15) is 9.59 Å². The average molecular weight is 492 g/mol. The molecule has 0 saturated carbocycles. The molecular formula is C29H18ClN3O3. The normalized spacial score (nSPS) is 11.1. The summed E-state index contributed by atoms with van der Waals surface area (Å²) in [7, 11) is 0. The van der Waals surface area contributed by atoms with Crippen molar-refractivity contribution in [1.29, 1.82) is 0 Å². The molecule has 2 N–H and O–H groups in total. The van der Waals surface area contributed by atoms with Gasteiger partial charge in [-0.25, -0.2) is 9.78 Å². The molecule has 36 heavy (non-hydrogen) atoms. The van der Waals surface area contributed by atoms with E-state index >= 15 is 0 Å². The SMILES string of the molecule is O=C(Nc1cc(-c2nc3ccccc3[nH]2)ccc1Cl)c1cccc(-c2cc3ccccc3oc2=O)c1. The first-order valence-corrected chi connectivity index (χ1v) is 11.6. The number of imidazole rings is 1. The summed E-state index contributed by atoms with van der Waals surface area (Å²) < 4.78 is 5.45. The number of rotatable bonds is 4. The Labute approximate surface area is 210 Å². The van der Waals surface area contributed by atoms with E-state index in [0.717, 1.165) is 22.0 Å². The number of fused-ring (bicyclic) bond motifs is 2. The van der Waals surface area contributed by atoms with Crippen molar-refractivity contribution >= 4 is 45.2 Å². The minimum atomic E-state index is -0.465. The molecule has 0 atom stereocenters. The van der Waals surface area contributed by atoms with E-state index in [2.05, 4.69) is 15.3 Å². The molecule has 0 radical (unpaired) electrons. The molecule has 7 heteroatoms. The van der Waals surface area contributed by atoms with Crippen LogP contribution < -0.4 is 10.9 Å². The third-order valence-corrected chi connectivity index (χ3v) is 6.28. The number of hydrogen-bond acceptors (Lipinski definition) is 4. The number of anilines is 1. The second kappa shape index (κ2) is 8.83. The quantitative estimate of drug-likeness (QED) is 0.262. The van der Waals surface area contributed by atoms with Crippen LogP contribution in [0.5, 0.6) is 0 Å². The highest BCUT2D eigenvalue weighted by Gasteiger charge is 2.14. The number of H-pyrrole nitrogens is 1. The molecule has 174 valence electrons. The lowest BCUT2D eigenvalue weighted by atomic mass is 10.0. The standard InChI is InChI=1S/C29H18ClN3O3/c30-22-13-12-19(27-31-23-9-2-3-10-24(23)32-27)16-25(22)33-28(34)20-8-5-7-17(14-20)21-15-18-6-1-4-11-26(18)36-29(21)35/h1-16H,(H,31,32)(H,33,34). The molecular weight excluding hydrogens is 474 g/mol. The summed E-state index contributed by atoms with van der Waals surface area (Å²) in [6.45, 7) is 0. The van der Waals surface area contributed by atoms with E-state index in [1.807, 2.05) is 48.5 Å². The molecule has 6 rings (SSSR count). The summed E-state index contributed by atoms with van der Waals surface area (Å²) in [4.78, 5) is 33.6. The van der Waals surface area contributed by atoms with Crippen LogP contribution in [0.3, 0.4) is 0 Å². The summed E-state index contributed by atoms with van der Waals surface area (Å²) >= 11 is 6.40. The molecule has 0 unspecified atom stereocenters. The Hall–Kier alpha value is -4.68. The molecule has 6 nitrogen and oxygen atoms in total. The molecule has 6 aromatic rings. The largest absolute Gasteiger partial charge is 0.422 e. The van der Waals surface area contributed by atoms with Crippen LogP contribution in [-0.2, 0) is 0 Å². The maximum Gasteiger partial charge on any atom is 0.344 e. The fourth-order valence-electron chi connectivity index (χ4n) is 4.14. The summed E-state index contributed by atoms with van der Waals surface area (Å²) in [6.07, 6.45) is 0. The maximum atomic E-state index is 13.1. The van der Waals surface area contributed by atoms with E-state index in [1.165, 1.54) is 0 Å². The molecule has 2 aromatic heterocycles. The zero-order valence-corrected chi connectivity index (χ0v) is 19.5. The lowest BCUT2D eigenvalue weighted by Gasteiger charge is -2.10. The van der Waals surface area contributed by atoms with E-state index in [0.29, 0.717) is 38.8 Å². The predicted molar refractivity (Wildman–Crippen MR) is 142 cm³/mol. The molecule has 0 saturated heterocycles. The van der Waals surface area contributed by atoms with Gasteiger partial charge in [-0.3, -0.25) is 4.79 Å². The Morgan fingerprint density at radius 2 is 1.69 bits per heavy atom. The van der Waals surface area contributed by atoms with Gasteiger partial charge in [0.05, 0.1) is 27.3 Å². The van der Waals surface area contributed by atoms with Crippen molar-refractivity contribution in [2.45, 2.75) is 0 Å². The molecule has 0 aliphatic rings. The van der Waals surface area contributed by atoms with Crippen LogP contribution in [0.25, 0.3) is 44.5 Å². The molecule has 0 spiro atoms. The van der Waals surface area contributed by atoms with Crippen molar-refractivity contribution in [1.82, 2.24) is 9.97 Å². The van der Waals surface area contributed by atoms with Gasteiger partial charge in [0.2, 0.25) is 0 Å². The summed E-state index contributed by atoms with van der Waals surface area (Å²) in [5, 5.41) is 4.08. The first kappa shape index (κ1) is 21.8. The van der Waals surface area contributed by atoms with Gasteiger partial charge in [-0.05, 0) is 60.2 Å². The molecule has 0 aliphatic carbocycles. The minimum Gasteiger partial charge on any atom is -0.422 e. The number of amides is 1. The van der Waals surface area contributed by atoms with Crippen molar-refractivity contribution in [3.63, 3.8) is 0 Å². The Morgan fingerprint density at radius 1 is 0.861 bits per heavy atom. The predicted octanol–water partition coefficient (Wildman–Crippen LogP) is 6.91. The van der Waals surface area contributed by atoms with E-state index in [1.54, 1.807) is 48.5 Å². The Balaban J connectivity index is 1.31. The van der Waals surface area contributed by atoms with Gasteiger partial charge in [0, 0.05) is 16.5 Å². The van der Waals surface area contributed by atoms with E-state index in [4.69, 9.17) is 16.0 Å². The maximum absolute atomic E-state index is 13.1. The van der Waals surface area contributed by atoms with Crippen molar-refractivity contribution < 1.29 is 9.21 Å². The number of hydrogen-bond donors (Lipinski definition) is 2. The second-order valence-corrected chi connectivity index (χ2v) is 8.72. The van der Waals surface area contributed by atoms with Gasteiger partial charge in [-0.15, -0.1) is 0 Å². The summed E-state index contributed by atoms with van der Waals surface area (Å²) in [6, 6.07) is 29.0. The zero-order valence-electron chi connectivity index (χ0n) is 18.8. The topological polar surface area (TPSA) is 88.0 Å². The van der Waals surface area contributed by atoms with Crippen LogP contribution in [0.2, 0.25) is 5.02 Å². The number of carbonyl (C=O) groups is 1. The van der Waals surface area contributed by atoms with E-state index < -0.39 is 5.63 Å². The zero-order chi connectivity index (χ0) is 24.6. The fourth-order valence-corrected chi connectivity index (χ4v) is 4.31. The van der Waals surface area contributed by atoms with Crippen LogP contribution in [0.1, 0.15) is 10.4 Å². The molecule has 0 bridgehead atoms. The number of halogens is 1. The van der Waals surface area contributed by atoms with Crippen LogP contribution in [-0.4, -0.2) is 15.9 Å². The van der Waals surface area contributed by atoms with Gasteiger partial charge in [0.25, 0.3) is 5.91 Å². The number of aromatic amines is 1. The highest BCUT2D eigenvalue weighted by Crippen LogP contribution is 2.29. The van der Waals surface area contributed by atoms with Crippen molar-refractivity contribution in [3.8, 4) is 22.5 Å². The number of aromatic nitrogens is 2. The van der Waals surface area contributed by atoms with Crippen molar-refractivity contribution in [2.24, 2.45) is 0 Å². The number of benzene rings is 4. The third-order valence-electron chi connectivity index (χ3n) is 5.95. The van der Waals surface area contributed by atoms with Gasteiger partial charge >= 0.3 is 5.63 Å². The first-order chi connectivity index (χ1) is 17.5. The molecule has 4 aromatic carbocycles. The lowest BCUT2D eigenvalue weighted by Crippen LogP contribution is -2.13. The number of nitrogens with zero attached hydrogens (tertiary/aromatic N) is 1. The summed E-state index contributed by atoms with van der Waals surface area (Å²) in [5.74, 6) is 0.319. The van der Waals surface area contributed by atoms with Gasteiger partial charge in [-0.2, -0.15) is 0 Å². The number of carbonyl (C=O) groups excluding carboxylic acids is 1. The Bertz CT molecular complexity index is 1800. The fraction of sp³-hybridized carbons (Fsp3) is 0. The number of nitrogens with one attached hydrogen (secondary N) is 2.